The van der Waals surface area contributed by atoms with Crippen molar-refractivity contribution in [3.63, 3.8) is 0 Å². The zero-order chi connectivity index (χ0) is 15.2. The maximum atomic E-state index is 13.3. The topological polar surface area (TPSA) is 12.0 Å². The molecule has 0 saturated carbocycles. The molecule has 0 heterocycles. The van der Waals surface area contributed by atoms with Crippen LogP contribution < -0.4 is 5.32 Å². The van der Waals surface area contributed by atoms with Gasteiger partial charge in [0, 0.05) is 12.1 Å². The van der Waals surface area contributed by atoms with E-state index in [-0.39, 0.29) is 12.0 Å². The minimum absolute atomic E-state index is 0.169. The lowest BCUT2D eigenvalue weighted by Gasteiger charge is -2.25. The molecule has 2 unspecified atom stereocenters. The van der Waals surface area contributed by atoms with Gasteiger partial charge in [-0.3, -0.25) is 0 Å². The molecular formula is C18H21F2N. The molecule has 0 fully saturated rings. The number of hydrogen-bond acceptors (Lipinski definition) is 1. The van der Waals surface area contributed by atoms with E-state index in [1.165, 1.54) is 17.7 Å². The van der Waals surface area contributed by atoms with Crippen molar-refractivity contribution in [1.29, 1.82) is 0 Å². The Morgan fingerprint density at radius 2 is 1.62 bits per heavy atom. The third kappa shape index (κ3) is 4.36. The quantitative estimate of drug-likeness (QED) is 0.826. The van der Waals surface area contributed by atoms with Crippen LogP contribution in [0.4, 0.5) is 8.78 Å². The van der Waals surface area contributed by atoms with Gasteiger partial charge >= 0.3 is 0 Å². The van der Waals surface area contributed by atoms with Gasteiger partial charge in [0.05, 0.1) is 0 Å². The van der Waals surface area contributed by atoms with E-state index < -0.39 is 11.6 Å². The van der Waals surface area contributed by atoms with E-state index in [0.717, 1.165) is 12.6 Å². The Kier molecular flexibility index (Phi) is 5.45. The van der Waals surface area contributed by atoms with Crippen molar-refractivity contribution >= 4 is 0 Å². The molecule has 2 aromatic carbocycles. The summed E-state index contributed by atoms with van der Waals surface area (Å²) in [5.41, 5.74) is 1.89. The molecule has 3 heteroatoms. The largest absolute Gasteiger partial charge is 0.310 e. The highest BCUT2D eigenvalue weighted by molar-refractivity contribution is 5.22. The van der Waals surface area contributed by atoms with E-state index in [9.17, 15) is 8.78 Å². The third-order valence-corrected chi connectivity index (χ3v) is 3.63. The second kappa shape index (κ2) is 7.32. The highest BCUT2D eigenvalue weighted by atomic mass is 19.1. The fraction of sp³-hybridized carbons (Fsp3) is 0.333. The minimum atomic E-state index is -0.517. The number of rotatable bonds is 6. The smallest absolute Gasteiger partial charge is 0.126 e. The van der Waals surface area contributed by atoms with Crippen LogP contribution in [-0.2, 0) is 6.42 Å². The van der Waals surface area contributed by atoms with Crippen LogP contribution >= 0.6 is 0 Å². The average Bonchev–Trinajstić information content (AvgIpc) is 2.44. The first kappa shape index (κ1) is 15.6. The van der Waals surface area contributed by atoms with Gasteiger partial charge < -0.3 is 5.32 Å². The number of halogens is 2. The fourth-order valence-electron chi connectivity index (χ4n) is 2.75. The van der Waals surface area contributed by atoms with Crippen LogP contribution in [0.3, 0.4) is 0 Å². The molecule has 0 aliphatic heterocycles. The molecule has 0 bridgehead atoms. The molecule has 0 aliphatic rings. The van der Waals surface area contributed by atoms with E-state index in [4.69, 9.17) is 0 Å². The molecule has 0 aromatic heterocycles. The molecule has 1 nitrogen and oxygen atoms in total. The predicted octanol–water partition coefficient (Wildman–Crippen LogP) is 4.49. The van der Waals surface area contributed by atoms with Crippen LogP contribution in [0.25, 0.3) is 0 Å². The van der Waals surface area contributed by atoms with Gasteiger partial charge in [0.15, 0.2) is 0 Å². The molecule has 2 atom stereocenters. The lowest BCUT2D eigenvalue weighted by molar-refractivity contribution is 0.390. The summed E-state index contributed by atoms with van der Waals surface area (Å²) >= 11 is 0. The summed E-state index contributed by atoms with van der Waals surface area (Å²) in [5, 5.41) is 3.46. The van der Waals surface area contributed by atoms with Crippen molar-refractivity contribution < 1.29 is 8.78 Å². The van der Waals surface area contributed by atoms with Gasteiger partial charge in [0.25, 0.3) is 0 Å². The van der Waals surface area contributed by atoms with Crippen LogP contribution in [0.2, 0.25) is 0 Å². The van der Waals surface area contributed by atoms with E-state index in [1.54, 1.807) is 0 Å². The van der Waals surface area contributed by atoms with Crippen molar-refractivity contribution in [2.45, 2.75) is 26.3 Å². The fourth-order valence-corrected chi connectivity index (χ4v) is 2.75. The van der Waals surface area contributed by atoms with Crippen molar-refractivity contribution in [3.8, 4) is 0 Å². The van der Waals surface area contributed by atoms with Gasteiger partial charge in [0.2, 0.25) is 0 Å². The minimum Gasteiger partial charge on any atom is -0.310 e. The van der Waals surface area contributed by atoms with Gasteiger partial charge in [-0.1, -0.05) is 44.2 Å². The molecule has 1 N–H and O–H groups in total. The molecule has 21 heavy (non-hydrogen) atoms. The molecule has 0 spiro atoms. The summed E-state index contributed by atoms with van der Waals surface area (Å²) in [6.07, 6.45) is 0.626. The van der Waals surface area contributed by atoms with Gasteiger partial charge in [-0.15, -0.1) is 0 Å². The summed E-state index contributed by atoms with van der Waals surface area (Å²) in [5.74, 6) is -0.803. The molecule has 0 amide bonds. The Hall–Kier alpha value is -1.74. The van der Waals surface area contributed by atoms with Crippen LogP contribution in [0.1, 0.15) is 31.0 Å². The van der Waals surface area contributed by atoms with E-state index in [2.05, 4.69) is 31.3 Å². The number of nitrogens with one attached hydrogen (secondary N) is 1. The summed E-state index contributed by atoms with van der Waals surface area (Å²) in [7, 11) is 0. The molecule has 0 saturated heterocycles. The zero-order valence-corrected chi connectivity index (χ0v) is 12.4. The first-order valence-corrected chi connectivity index (χ1v) is 7.33. The van der Waals surface area contributed by atoms with Gasteiger partial charge in [-0.05, 0) is 42.1 Å². The van der Waals surface area contributed by atoms with E-state index >= 15 is 0 Å². The van der Waals surface area contributed by atoms with Crippen LogP contribution in [-0.4, -0.2) is 6.54 Å². The van der Waals surface area contributed by atoms with Crippen molar-refractivity contribution in [3.05, 3.63) is 71.3 Å². The number of hydrogen-bond donors (Lipinski definition) is 1. The Morgan fingerprint density at radius 3 is 2.19 bits per heavy atom. The normalized spacial score (nSPS) is 13.9. The standard InChI is InChI=1S/C18H21F2N/c1-3-21-18(15-7-5-4-6-8-15)13(2)9-14-10-16(19)12-17(20)11-14/h4-8,10-13,18,21H,3,9H2,1-2H3. The van der Waals surface area contributed by atoms with Crippen molar-refractivity contribution in [2.24, 2.45) is 5.92 Å². The second-order valence-electron chi connectivity index (χ2n) is 5.41. The first-order valence-electron chi connectivity index (χ1n) is 7.33. The first-order chi connectivity index (χ1) is 10.1. The highest BCUT2D eigenvalue weighted by Crippen LogP contribution is 2.25. The Balaban J connectivity index is 2.17. The van der Waals surface area contributed by atoms with E-state index in [1.807, 2.05) is 18.2 Å². The molecule has 2 rings (SSSR count). The second-order valence-corrected chi connectivity index (χ2v) is 5.41. The SMILES string of the molecule is CCNC(c1ccccc1)C(C)Cc1cc(F)cc(F)c1. The summed E-state index contributed by atoms with van der Waals surface area (Å²) in [6.45, 7) is 5.01. The van der Waals surface area contributed by atoms with Crippen molar-refractivity contribution in [1.82, 2.24) is 5.32 Å². The molecule has 112 valence electrons. The maximum absolute atomic E-state index is 13.3. The average molecular weight is 289 g/mol. The monoisotopic (exact) mass is 289 g/mol. The lowest BCUT2D eigenvalue weighted by atomic mass is 9.89. The third-order valence-electron chi connectivity index (χ3n) is 3.63. The summed E-state index contributed by atoms with van der Waals surface area (Å²) in [4.78, 5) is 0. The lowest BCUT2D eigenvalue weighted by Crippen LogP contribution is -2.28. The molecule has 0 radical (unpaired) electrons. The molecule has 0 aliphatic carbocycles. The van der Waals surface area contributed by atoms with Crippen LogP contribution in [0.15, 0.2) is 48.5 Å². The summed E-state index contributed by atoms with van der Waals surface area (Å²) in [6, 6.07) is 14.1. The number of benzene rings is 2. The van der Waals surface area contributed by atoms with Gasteiger partial charge in [0.1, 0.15) is 11.6 Å². The molecular weight excluding hydrogens is 268 g/mol. The highest BCUT2D eigenvalue weighted by Gasteiger charge is 2.19. The van der Waals surface area contributed by atoms with Gasteiger partial charge in [-0.25, -0.2) is 8.78 Å². The van der Waals surface area contributed by atoms with Crippen molar-refractivity contribution in [2.75, 3.05) is 6.54 Å². The van der Waals surface area contributed by atoms with E-state index in [0.29, 0.717) is 12.0 Å². The van der Waals surface area contributed by atoms with Crippen LogP contribution in [0, 0.1) is 17.6 Å². The Labute approximate surface area is 125 Å². The van der Waals surface area contributed by atoms with Crippen LogP contribution in [0.5, 0.6) is 0 Å². The van der Waals surface area contributed by atoms with Gasteiger partial charge in [-0.2, -0.15) is 0 Å². The predicted molar refractivity (Wildman–Crippen MR) is 82.1 cm³/mol. The zero-order valence-electron chi connectivity index (χ0n) is 12.4. The Bertz CT molecular complexity index is 548. The maximum Gasteiger partial charge on any atom is 0.126 e. The summed E-state index contributed by atoms with van der Waals surface area (Å²) < 4.78 is 26.6. The molecule has 2 aromatic rings. The Morgan fingerprint density at radius 1 is 1.00 bits per heavy atom.